The highest BCUT2D eigenvalue weighted by molar-refractivity contribution is 7.99. The van der Waals surface area contributed by atoms with E-state index in [0.29, 0.717) is 29.6 Å². The lowest BCUT2D eigenvalue weighted by Crippen LogP contribution is -2.34. The monoisotopic (exact) mass is 423 g/mol. The van der Waals surface area contributed by atoms with Crippen LogP contribution in [0.5, 0.6) is 5.75 Å². The maximum Gasteiger partial charge on any atom is 0.257 e. The molecule has 0 spiro atoms. The molecule has 1 aliphatic rings. The number of hydrogen-bond donors (Lipinski definition) is 3. The molecule has 0 amide bonds. The molecule has 3 N–H and O–H groups in total. The van der Waals surface area contributed by atoms with E-state index >= 15 is 0 Å². The van der Waals surface area contributed by atoms with E-state index in [9.17, 15) is 9.90 Å². The molecule has 4 rings (SSSR count). The summed E-state index contributed by atoms with van der Waals surface area (Å²) < 4.78 is 5.86. The zero-order valence-electron chi connectivity index (χ0n) is 16.8. The Balaban J connectivity index is 1.55. The average Bonchev–Trinajstić information content (AvgIpc) is 2.76. The minimum absolute atomic E-state index is 0.160. The molecule has 0 aliphatic carbocycles. The molecule has 0 saturated carbocycles. The van der Waals surface area contributed by atoms with Gasteiger partial charge in [0.25, 0.3) is 5.56 Å². The smallest absolute Gasteiger partial charge is 0.257 e. The van der Waals surface area contributed by atoms with Crippen LogP contribution in [0.3, 0.4) is 0 Å². The third-order valence-corrected chi connectivity index (χ3v) is 6.10. The van der Waals surface area contributed by atoms with Crippen molar-refractivity contribution < 1.29 is 9.84 Å². The molecule has 2 heterocycles. The molecule has 2 unspecified atom stereocenters. The van der Waals surface area contributed by atoms with Crippen molar-refractivity contribution in [1.29, 1.82) is 0 Å². The van der Waals surface area contributed by atoms with E-state index in [2.05, 4.69) is 22.2 Å². The topological polar surface area (TPSA) is 87.2 Å². The van der Waals surface area contributed by atoms with Crippen molar-refractivity contribution in [2.45, 2.75) is 43.7 Å². The number of anilines is 1. The van der Waals surface area contributed by atoms with Gasteiger partial charge in [-0.15, -0.1) is 0 Å². The minimum atomic E-state index is -0.755. The highest BCUT2D eigenvalue weighted by Gasteiger charge is 2.31. The van der Waals surface area contributed by atoms with Gasteiger partial charge in [-0.3, -0.25) is 4.79 Å². The molecule has 2 aromatic carbocycles. The number of thioether (sulfide) groups is 1. The Hall–Kier alpha value is -2.77. The van der Waals surface area contributed by atoms with Crippen molar-refractivity contribution in [3.05, 3.63) is 81.6 Å². The molecule has 2 atom stereocenters. The number of rotatable bonds is 7. The molecule has 156 valence electrons. The van der Waals surface area contributed by atoms with Crippen LogP contribution < -0.4 is 15.6 Å². The number of hydrogen-bond acceptors (Lipinski definition) is 6. The van der Waals surface area contributed by atoms with Crippen LogP contribution in [0.1, 0.15) is 42.4 Å². The lowest BCUT2D eigenvalue weighted by molar-refractivity contribution is 0.181. The maximum atomic E-state index is 12.8. The summed E-state index contributed by atoms with van der Waals surface area (Å²) in [4.78, 5) is 20.2. The molecule has 1 aromatic heterocycles. The molecular formula is C23H25N3O3S. The molecule has 0 radical (unpaired) electrons. The molecular weight excluding hydrogens is 398 g/mol. The second-order valence-corrected chi connectivity index (χ2v) is 8.36. The van der Waals surface area contributed by atoms with Crippen LogP contribution in [0.2, 0.25) is 0 Å². The van der Waals surface area contributed by atoms with E-state index in [1.54, 1.807) is 0 Å². The Bertz CT molecular complexity index is 1040. The third kappa shape index (κ3) is 4.68. The van der Waals surface area contributed by atoms with Gasteiger partial charge in [-0.05, 0) is 29.7 Å². The van der Waals surface area contributed by atoms with Gasteiger partial charge in [-0.25, -0.2) is 4.98 Å². The van der Waals surface area contributed by atoms with Gasteiger partial charge in [0.2, 0.25) is 0 Å². The number of benzene rings is 2. The van der Waals surface area contributed by atoms with Gasteiger partial charge in [0, 0.05) is 18.1 Å². The number of ether oxygens (including phenoxy) is 1. The normalized spacial score (nSPS) is 17.8. The van der Waals surface area contributed by atoms with Crippen molar-refractivity contribution in [1.82, 2.24) is 9.97 Å². The van der Waals surface area contributed by atoms with Crippen LogP contribution in [0.15, 0.2) is 64.5 Å². The summed E-state index contributed by atoms with van der Waals surface area (Å²) >= 11 is 1.51. The first kappa shape index (κ1) is 20.5. The Kier molecular flexibility index (Phi) is 6.40. The number of aromatic nitrogens is 2. The van der Waals surface area contributed by atoms with Gasteiger partial charge in [0.05, 0.1) is 5.56 Å². The van der Waals surface area contributed by atoms with Gasteiger partial charge in [0.15, 0.2) is 5.16 Å². The highest BCUT2D eigenvalue weighted by atomic mass is 32.2. The summed E-state index contributed by atoms with van der Waals surface area (Å²) in [7, 11) is 0. The summed E-state index contributed by atoms with van der Waals surface area (Å²) in [6.45, 7) is 2.58. The fourth-order valence-corrected chi connectivity index (χ4v) is 4.28. The van der Waals surface area contributed by atoms with Crippen LogP contribution in [0.4, 0.5) is 5.82 Å². The second kappa shape index (κ2) is 9.36. The summed E-state index contributed by atoms with van der Waals surface area (Å²) in [6.07, 6.45) is 0.640. The van der Waals surface area contributed by atoms with E-state index in [1.807, 2.05) is 54.6 Å². The Morgan fingerprint density at radius 2 is 1.93 bits per heavy atom. The van der Waals surface area contributed by atoms with Crippen molar-refractivity contribution in [2.75, 3.05) is 11.1 Å². The van der Waals surface area contributed by atoms with Gasteiger partial charge >= 0.3 is 0 Å². The van der Waals surface area contributed by atoms with E-state index in [0.717, 1.165) is 29.1 Å². The number of nitrogens with one attached hydrogen (secondary N) is 2. The molecule has 0 fully saturated rings. The molecule has 3 aromatic rings. The third-order valence-electron chi connectivity index (χ3n) is 5.02. The number of aliphatic hydroxyl groups excluding tert-OH is 1. The fraction of sp³-hybridized carbons (Fsp3) is 0.304. The standard InChI is InChI=1S/C23H25N3O3S/c1-2-12-30-23-25-21-20(22(28)26-23)18(13-19(27)24-21)16-8-10-17(11-9-16)29-14-15-6-4-3-5-7-15/h3-11,18-19,27H,2,12-14H2,1H3,(H2,24,25,26,28). The van der Waals surface area contributed by atoms with Crippen LogP contribution in [-0.2, 0) is 6.61 Å². The lowest BCUT2D eigenvalue weighted by Gasteiger charge is -2.29. The second-order valence-electron chi connectivity index (χ2n) is 7.27. The first-order chi connectivity index (χ1) is 14.6. The van der Waals surface area contributed by atoms with Crippen LogP contribution in [-0.4, -0.2) is 27.1 Å². The number of aromatic amines is 1. The van der Waals surface area contributed by atoms with Gasteiger partial charge in [-0.2, -0.15) is 0 Å². The van der Waals surface area contributed by atoms with Gasteiger partial charge in [-0.1, -0.05) is 61.2 Å². The van der Waals surface area contributed by atoms with Crippen molar-refractivity contribution in [3.63, 3.8) is 0 Å². The van der Waals surface area contributed by atoms with Crippen LogP contribution >= 0.6 is 11.8 Å². The van der Waals surface area contributed by atoms with E-state index in [-0.39, 0.29) is 11.5 Å². The number of H-pyrrole nitrogens is 1. The Morgan fingerprint density at radius 1 is 1.17 bits per heavy atom. The molecule has 0 bridgehead atoms. The molecule has 7 heteroatoms. The fourth-order valence-electron chi connectivity index (χ4n) is 3.56. The van der Waals surface area contributed by atoms with E-state index in [1.165, 1.54) is 11.8 Å². The summed E-state index contributed by atoms with van der Waals surface area (Å²) in [6, 6.07) is 17.7. The van der Waals surface area contributed by atoms with Crippen LogP contribution in [0.25, 0.3) is 0 Å². The molecule has 1 aliphatic heterocycles. The number of fused-ring (bicyclic) bond motifs is 1. The minimum Gasteiger partial charge on any atom is -0.489 e. The Morgan fingerprint density at radius 3 is 2.67 bits per heavy atom. The zero-order chi connectivity index (χ0) is 20.9. The number of nitrogens with zero attached hydrogens (tertiary/aromatic N) is 1. The summed E-state index contributed by atoms with van der Waals surface area (Å²) in [5.74, 6) is 1.86. The predicted octanol–water partition coefficient (Wildman–Crippen LogP) is 4.12. The van der Waals surface area contributed by atoms with Gasteiger partial charge in [0.1, 0.15) is 24.4 Å². The largest absolute Gasteiger partial charge is 0.489 e. The summed E-state index contributed by atoms with van der Waals surface area (Å²) in [5.41, 5.74) is 2.46. The van der Waals surface area contributed by atoms with Crippen LogP contribution in [0, 0.1) is 0 Å². The quantitative estimate of drug-likeness (QED) is 0.391. The number of aliphatic hydroxyl groups is 1. The zero-order valence-corrected chi connectivity index (χ0v) is 17.6. The van der Waals surface area contributed by atoms with Crippen molar-refractivity contribution in [3.8, 4) is 5.75 Å². The first-order valence-electron chi connectivity index (χ1n) is 10.1. The van der Waals surface area contributed by atoms with Crippen molar-refractivity contribution >= 4 is 17.6 Å². The van der Waals surface area contributed by atoms with E-state index < -0.39 is 6.23 Å². The van der Waals surface area contributed by atoms with E-state index in [4.69, 9.17) is 4.74 Å². The summed E-state index contributed by atoms with van der Waals surface area (Å²) in [5, 5.41) is 13.8. The van der Waals surface area contributed by atoms with Gasteiger partial charge < -0.3 is 20.1 Å². The molecule has 6 nitrogen and oxygen atoms in total. The SMILES string of the molecule is CCCSc1nc2c(c(=O)[nH]1)C(c1ccc(OCc3ccccc3)cc1)CC(O)N2. The first-order valence-corrected chi connectivity index (χ1v) is 11.1. The maximum absolute atomic E-state index is 12.8. The highest BCUT2D eigenvalue weighted by Crippen LogP contribution is 2.36. The predicted molar refractivity (Wildman–Crippen MR) is 119 cm³/mol. The molecule has 30 heavy (non-hydrogen) atoms. The van der Waals surface area contributed by atoms with Crippen molar-refractivity contribution in [2.24, 2.45) is 0 Å². The Labute approximate surface area is 179 Å². The molecule has 0 saturated heterocycles. The lowest BCUT2D eigenvalue weighted by atomic mass is 9.86. The average molecular weight is 424 g/mol.